The zero-order chi connectivity index (χ0) is 14.7. The number of halogens is 3. The molecule has 1 heterocycles. The molecule has 2 rings (SSSR count). The van der Waals surface area contributed by atoms with Gasteiger partial charge in [0.15, 0.2) is 0 Å². The van der Waals surface area contributed by atoms with Gasteiger partial charge in [0.1, 0.15) is 5.75 Å². The van der Waals surface area contributed by atoms with Crippen molar-refractivity contribution in [2.75, 3.05) is 13.7 Å². The van der Waals surface area contributed by atoms with Gasteiger partial charge in [0.25, 0.3) is 0 Å². The Morgan fingerprint density at radius 1 is 1.35 bits per heavy atom. The van der Waals surface area contributed by atoms with E-state index in [1.807, 2.05) is 17.5 Å². The monoisotopic (exact) mass is 393 g/mol. The van der Waals surface area contributed by atoms with Gasteiger partial charge in [-0.25, -0.2) is 0 Å². The van der Waals surface area contributed by atoms with Crippen molar-refractivity contribution >= 4 is 50.5 Å². The molecule has 0 radical (unpaired) electrons. The van der Waals surface area contributed by atoms with Crippen molar-refractivity contribution in [2.45, 2.75) is 13.0 Å². The molecular formula is C14H14BrCl2NOS. The number of ether oxygens (including phenoxy) is 1. The molecule has 2 nitrogen and oxygen atoms in total. The molecule has 0 aliphatic heterocycles. The maximum atomic E-state index is 6.39. The third kappa shape index (κ3) is 3.31. The summed E-state index contributed by atoms with van der Waals surface area (Å²) in [7, 11) is 1.58. The number of hydrogen-bond acceptors (Lipinski definition) is 3. The van der Waals surface area contributed by atoms with Crippen molar-refractivity contribution in [3.8, 4) is 5.75 Å². The Bertz CT molecular complexity index is 603. The highest BCUT2D eigenvalue weighted by atomic mass is 79.9. The molecule has 0 amide bonds. The summed E-state index contributed by atoms with van der Waals surface area (Å²) >= 11 is 17.9. The van der Waals surface area contributed by atoms with Crippen molar-refractivity contribution in [3.05, 3.63) is 48.5 Å². The molecule has 0 aliphatic carbocycles. The second kappa shape index (κ2) is 7.14. The van der Waals surface area contributed by atoms with Crippen LogP contribution in [0.5, 0.6) is 5.75 Å². The largest absolute Gasteiger partial charge is 0.495 e. The third-order valence-corrected chi connectivity index (χ3v) is 5.46. The lowest BCUT2D eigenvalue weighted by atomic mass is 10.0. The number of hydrogen-bond donors (Lipinski definition) is 1. The lowest BCUT2D eigenvalue weighted by Crippen LogP contribution is -2.21. The molecule has 0 saturated heterocycles. The van der Waals surface area contributed by atoms with E-state index in [0.29, 0.717) is 15.8 Å². The first kappa shape index (κ1) is 16.1. The van der Waals surface area contributed by atoms with Gasteiger partial charge >= 0.3 is 0 Å². The van der Waals surface area contributed by atoms with E-state index in [9.17, 15) is 0 Å². The average Bonchev–Trinajstić information content (AvgIpc) is 2.84. The lowest BCUT2D eigenvalue weighted by Gasteiger charge is -2.20. The van der Waals surface area contributed by atoms with Crippen LogP contribution >= 0.6 is 50.5 Å². The van der Waals surface area contributed by atoms with E-state index < -0.39 is 0 Å². The van der Waals surface area contributed by atoms with Crippen molar-refractivity contribution < 1.29 is 4.74 Å². The van der Waals surface area contributed by atoms with Gasteiger partial charge in [0.2, 0.25) is 0 Å². The van der Waals surface area contributed by atoms with E-state index in [1.165, 1.54) is 4.88 Å². The molecule has 0 saturated carbocycles. The smallest absolute Gasteiger partial charge is 0.138 e. The molecule has 0 aliphatic rings. The highest BCUT2D eigenvalue weighted by Gasteiger charge is 2.21. The van der Waals surface area contributed by atoms with Crippen LogP contribution < -0.4 is 10.1 Å². The quantitative estimate of drug-likeness (QED) is 0.720. The predicted molar refractivity (Wildman–Crippen MR) is 90.6 cm³/mol. The van der Waals surface area contributed by atoms with E-state index in [0.717, 1.165) is 16.6 Å². The number of nitrogens with one attached hydrogen (secondary N) is 1. The fourth-order valence-electron chi connectivity index (χ4n) is 1.98. The second-order valence-electron chi connectivity index (χ2n) is 4.13. The summed E-state index contributed by atoms with van der Waals surface area (Å²) in [6, 6.07) is 5.65. The molecule has 0 fully saturated rings. The summed E-state index contributed by atoms with van der Waals surface area (Å²) < 4.78 is 6.26. The summed E-state index contributed by atoms with van der Waals surface area (Å²) in [5, 5.41) is 6.68. The normalized spacial score (nSPS) is 12.4. The first-order chi connectivity index (χ1) is 9.58. The first-order valence-corrected chi connectivity index (χ1v) is 8.50. The van der Waals surface area contributed by atoms with Crippen LogP contribution in [0.3, 0.4) is 0 Å². The molecule has 1 unspecified atom stereocenters. The Balaban J connectivity index is 2.50. The van der Waals surface area contributed by atoms with E-state index in [1.54, 1.807) is 24.5 Å². The van der Waals surface area contributed by atoms with Gasteiger partial charge in [-0.3, -0.25) is 0 Å². The van der Waals surface area contributed by atoms with Crippen LogP contribution in [0.25, 0.3) is 0 Å². The molecule has 1 atom stereocenters. The van der Waals surface area contributed by atoms with Crippen LogP contribution in [0.2, 0.25) is 10.0 Å². The van der Waals surface area contributed by atoms with E-state index in [4.69, 9.17) is 27.9 Å². The summed E-state index contributed by atoms with van der Waals surface area (Å²) in [6.07, 6.45) is 0. The molecule has 0 bridgehead atoms. The Morgan fingerprint density at radius 2 is 2.10 bits per heavy atom. The van der Waals surface area contributed by atoms with Gasteiger partial charge in [-0.05, 0) is 45.6 Å². The average molecular weight is 395 g/mol. The molecule has 2 aromatic rings. The molecule has 108 valence electrons. The molecule has 6 heteroatoms. The van der Waals surface area contributed by atoms with Gasteiger partial charge < -0.3 is 10.1 Å². The van der Waals surface area contributed by atoms with Gasteiger partial charge in [-0.15, -0.1) is 11.3 Å². The zero-order valence-electron chi connectivity index (χ0n) is 11.0. The SMILES string of the molecule is CCNC(c1cc(Cl)c(OC)cc1Cl)c1sccc1Br. The molecule has 1 N–H and O–H groups in total. The van der Waals surface area contributed by atoms with Crippen molar-refractivity contribution in [3.63, 3.8) is 0 Å². The molecule has 20 heavy (non-hydrogen) atoms. The number of thiophene rings is 1. The minimum Gasteiger partial charge on any atom is -0.495 e. The molecule has 1 aromatic carbocycles. The zero-order valence-corrected chi connectivity index (χ0v) is 15.0. The summed E-state index contributed by atoms with van der Waals surface area (Å²) in [6.45, 7) is 2.89. The minimum atomic E-state index is 0.00489. The maximum absolute atomic E-state index is 6.39. The third-order valence-electron chi connectivity index (χ3n) is 2.90. The molecular weight excluding hydrogens is 381 g/mol. The number of methoxy groups -OCH3 is 1. The number of benzene rings is 1. The van der Waals surface area contributed by atoms with E-state index in [2.05, 4.69) is 28.2 Å². The standard InChI is InChI=1S/C14H14BrCl2NOS/c1-3-18-13(14-9(15)4-5-20-14)8-6-11(17)12(19-2)7-10(8)16/h4-7,13,18H,3H2,1-2H3. The van der Waals surface area contributed by atoms with Crippen LogP contribution in [-0.2, 0) is 0 Å². The van der Waals surface area contributed by atoms with Crippen molar-refractivity contribution in [1.29, 1.82) is 0 Å². The lowest BCUT2D eigenvalue weighted by molar-refractivity contribution is 0.414. The molecule has 1 aromatic heterocycles. The van der Waals surface area contributed by atoms with Crippen molar-refractivity contribution in [1.82, 2.24) is 5.32 Å². The van der Waals surface area contributed by atoms with Crippen LogP contribution in [0.1, 0.15) is 23.4 Å². The minimum absolute atomic E-state index is 0.00489. The topological polar surface area (TPSA) is 21.3 Å². The van der Waals surface area contributed by atoms with Gasteiger partial charge in [0.05, 0.1) is 18.2 Å². The Hall–Kier alpha value is -0.260. The van der Waals surface area contributed by atoms with Crippen LogP contribution in [0.4, 0.5) is 0 Å². The van der Waals surface area contributed by atoms with Gasteiger partial charge in [-0.1, -0.05) is 30.1 Å². The highest BCUT2D eigenvalue weighted by Crippen LogP contribution is 2.39. The predicted octanol–water partition coefficient (Wildman–Crippen LogP) is 5.52. The Morgan fingerprint density at radius 3 is 2.65 bits per heavy atom. The summed E-state index contributed by atoms with van der Waals surface area (Å²) in [4.78, 5) is 1.18. The summed E-state index contributed by atoms with van der Waals surface area (Å²) in [5.74, 6) is 0.584. The van der Waals surface area contributed by atoms with Gasteiger partial charge in [-0.2, -0.15) is 0 Å². The molecule has 0 spiro atoms. The van der Waals surface area contributed by atoms with Crippen LogP contribution in [-0.4, -0.2) is 13.7 Å². The number of rotatable bonds is 5. The van der Waals surface area contributed by atoms with E-state index in [-0.39, 0.29) is 6.04 Å². The fraction of sp³-hybridized carbons (Fsp3) is 0.286. The second-order valence-corrected chi connectivity index (χ2v) is 6.75. The maximum Gasteiger partial charge on any atom is 0.138 e. The Kier molecular flexibility index (Phi) is 5.75. The summed E-state index contributed by atoms with van der Waals surface area (Å²) in [5.41, 5.74) is 0.947. The van der Waals surface area contributed by atoms with Crippen LogP contribution in [0, 0.1) is 0 Å². The Labute approximate surface area is 141 Å². The van der Waals surface area contributed by atoms with E-state index >= 15 is 0 Å². The fourth-order valence-corrected chi connectivity index (χ4v) is 4.19. The van der Waals surface area contributed by atoms with Gasteiger partial charge in [0, 0.05) is 20.4 Å². The first-order valence-electron chi connectivity index (χ1n) is 6.07. The van der Waals surface area contributed by atoms with Crippen molar-refractivity contribution in [2.24, 2.45) is 0 Å². The highest BCUT2D eigenvalue weighted by molar-refractivity contribution is 9.10. The van der Waals surface area contributed by atoms with Crippen LogP contribution in [0.15, 0.2) is 28.1 Å².